The largest absolute Gasteiger partial charge is 0.493 e. The summed E-state index contributed by atoms with van der Waals surface area (Å²) in [4.78, 5) is 24.6. The van der Waals surface area contributed by atoms with Crippen LogP contribution in [0, 0.1) is 17.0 Å². The van der Waals surface area contributed by atoms with Crippen molar-refractivity contribution in [2.45, 2.75) is 50.7 Å². The Kier molecular flexibility index (Phi) is 7.43. The highest BCUT2D eigenvalue weighted by Gasteiger charge is 2.57. The molecule has 1 atom stereocenters. The molecule has 5 rings (SSSR count). The van der Waals surface area contributed by atoms with Crippen LogP contribution in [0.2, 0.25) is 10.0 Å². The SMILES string of the molecule is CC(=O)OC1CC2(COc3ccc(Cl)c(F)c3)CCC1(NC(=O)COc1ccc(Cl)c(F)c1)CC2. The van der Waals surface area contributed by atoms with Crippen LogP contribution < -0.4 is 14.8 Å². The van der Waals surface area contributed by atoms with Crippen molar-refractivity contribution in [2.75, 3.05) is 13.2 Å². The third-order valence-electron chi connectivity index (χ3n) is 6.83. The first-order chi connectivity index (χ1) is 16.6. The molecule has 2 aromatic carbocycles. The average Bonchev–Trinajstić information content (AvgIpc) is 2.81. The van der Waals surface area contributed by atoms with E-state index in [9.17, 15) is 18.4 Å². The van der Waals surface area contributed by atoms with Crippen molar-refractivity contribution in [1.82, 2.24) is 5.32 Å². The molecule has 0 aromatic heterocycles. The summed E-state index contributed by atoms with van der Waals surface area (Å²) in [7, 11) is 0. The van der Waals surface area contributed by atoms with Crippen LogP contribution in [0.25, 0.3) is 0 Å². The smallest absolute Gasteiger partial charge is 0.302 e. The van der Waals surface area contributed by atoms with Gasteiger partial charge in [0.15, 0.2) is 6.61 Å². The maximum absolute atomic E-state index is 13.8. The van der Waals surface area contributed by atoms with Crippen LogP contribution in [0.4, 0.5) is 8.78 Å². The van der Waals surface area contributed by atoms with E-state index in [0.717, 1.165) is 18.9 Å². The molecule has 1 N–H and O–H groups in total. The number of nitrogens with one attached hydrogen (secondary N) is 1. The predicted molar refractivity (Wildman–Crippen MR) is 126 cm³/mol. The number of hydrogen-bond donors (Lipinski definition) is 1. The zero-order valence-corrected chi connectivity index (χ0v) is 20.6. The highest BCUT2D eigenvalue weighted by molar-refractivity contribution is 6.31. The van der Waals surface area contributed by atoms with Crippen LogP contribution >= 0.6 is 23.2 Å². The first kappa shape index (κ1) is 25.5. The van der Waals surface area contributed by atoms with E-state index in [2.05, 4.69) is 5.32 Å². The number of carbonyl (C=O) groups is 2. The molecule has 0 saturated heterocycles. The predicted octanol–water partition coefficient (Wildman–Crippen LogP) is 5.48. The first-order valence-corrected chi connectivity index (χ1v) is 12.0. The van der Waals surface area contributed by atoms with Crippen molar-refractivity contribution in [3.8, 4) is 11.5 Å². The van der Waals surface area contributed by atoms with Gasteiger partial charge in [0.05, 0.1) is 22.2 Å². The Morgan fingerprint density at radius 3 is 2.09 bits per heavy atom. The molecule has 0 radical (unpaired) electrons. The van der Waals surface area contributed by atoms with E-state index >= 15 is 0 Å². The molecule has 188 valence electrons. The maximum atomic E-state index is 13.8. The lowest BCUT2D eigenvalue weighted by Crippen LogP contribution is -2.66. The number of hydrogen-bond acceptors (Lipinski definition) is 5. The van der Waals surface area contributed by atoms with Crippen molar-refractivity contribution in [3.63, 3.8) is 0 Å². The van der Waals surface area contributed by atoms with Gasteiger partial charge in [-0.25, -0.2) is 8.78 Å². The van der Waals surface area contributed by atoms with E-state index in [0.29, 0.717) is 31.6 Å². The monoisotopic (exact) mass is 527 g/mol. The molecule has 35 heavy (non-hydrogen) atoms. The van der Waals surface area contributed by atoms with Gasteiger partial charge >= 0.3 is 5.97 Å². The van der Waals surface area contributed by atoms with Crippen LogP contribution in [0.5, 0.6) is 11.5 Å². The molecule has 0 spiro atoms. The zero-order chi connectivity index (χ0) is 25.2. The van der Waals surface area contributed by atoms with Crippen molar-refractivity contribution in [1.29, 1.82) is 0 Å². The lowest BCUT2D eigenvalue weighted by molar-refractivity contribution is -0.170. The molecule has 3 aliphatic carbocycles. The Balaban J connectivity index is 1.40. The Bertz CT molecular complexity index is 1120. The highest BCUT2D eigenvalue weighted by atomic mass is 35.5. The standard InChI is InChI=1S/C25H25Cl2F2NO5/c1-15(31)35-22-12-24(14-34-17-3-5-19(27)21(29)11-17)6-8-25(22,9-7-24)30-23(32)13-33-16-2-4-18(26)20(28)10-16/h2-5,10-11,22H,6-9,12-14H2,1H3,(H,30,32). The molecule has 0 heterocycles. The average molecular weight is 528 g/mol. The minimum absolute atomic E-state index is 0.0199. The van der Waals surface area contributed by atoms with Crippen molar-refractivity contribution in [3.05, 3.63) is 58.1 Å². The number of amides is 1. The van der Waals surface area contributed by atoms with Gasteiger partial charge in [-0.1, -0.05) is 23.2 Å². The van der Waals surface area contributed by atoms with Gasteiger partial charge in [0.1, 0.15) is 29.2 Å². The fourth-order valence-corrected chi connectivity index (χ4v) is 5.17. The number of carbonyl (C=O) groups excluding carboxylic acids is 2. The van der Waals surface area contributed by atoms with Crippen molar-refractivity contribution in [2.24, 2.45) is 5.41 Å². The minimum atomic E-state index is -0.731. The van der Waals surface area contributed by atoms with Gasteiger partial charge in [0, 0.05) is 24.5 Å². The molecule has 0 aliphatic heterocycles. The number of benzene rings is 2. The van der Waals surface area contributed by atoms with E-state index in [-0.39, 0.29) is 27.8 Å². The molecule has 3 aliphatic rings. The van der Waals surface area contributed by atoms with Crippen LogP contribution in [-0.4, -0.2) is 36.7 Å². The summed E-state index contributed by atoms with van der Waals surface area (Å²) in [5, 5.41) is 2.99. The van der Waals surface area contributed by atoms with Crippen LogP contribution in [-0.2, 0) is 14.3 Å². The maximum Gasteiger partial charge on any atom is 0.302 e. The van der Waals surface area contributed by atoms with Crippen LogP contribution in [0.15, 0.2) is 36.4 Å². The number of fused-ring (bicyclic) bond motifs is 3. The zero-order valence-electron chi connectivity index (χ0n) is 19.0. The molecule has 6 nitrogen and oxygen atoms in total. The lowest BCUT2D eigenvalue weighted by Gasteiger charge is -2.56. The van der Waals surface area contributed by atoms with Crippen molar-refractivity contribution < 1.29 is 32.6 Å². The summed E-state index contributed by atoms with van der Waals surface area (Å²) in [6, 6.07) is 8.22. The highest BCUT2D eigenvalue weighted by Crippen LogP contribution is 2.53. The number of ether oxygens (including phenoxy) is 3. The summed E-state index contributed by atoms with van der Waals surface area (Å²) in [6.45, 7) is 1.32. The fourth-order valence-electron chi connectivity index (χ4n) is 4.94. The summed E-state index contributed by atoms with van der Waals surface area (Å²) < 4.78 is 44.3. The Morgan fingerprint density at radius 2 is 1.54 bits per heavy atom. The Labute approximate surface area is 211 Å². The molecular formula is C25H25Cl2F2NO5. The summed E-state index contributed by atoms with van der Waals surface area (Å²) in [5.41, 5.74) is -1.01. The molecule has 3 fully saturated rings. The Morgan fingerprint density at radius 1 is 0.971 bits per heavy atom. The summed E-state index contributed by atoms with van der Waals surface area (Å²) >= 11 is 11.4. The normalized spacial score (nSPS) is 25.1. The second kappa shape index (κ2) is 10.2. The van der Waals surface area contributed by atoms with Gasteiger partial charge in [-0.2, -0.15) is 0 Å². The van der Waals surface area contributed by atoms with E-state index < -0.39 is 35.2 Å². The molecule has 1 unspecified atom stereocenters. The van der Waals surface area contributed by atoms with Gasteiger partial charge in [-0.15, -0.1) is 0 Å². The molecular weight excluding hydrogens is 503 g/mol. The molecule has 2 aromatic rings. The quantitative estimate of drug-likeness (QED) is 0.460. The summed E-state index contributed by atoms with van der Waals surface area (Å²) in [6.07, 6.45) is 2.54. The molecule has 3 saturated carbocycles. The van der Waals surface area contributed by atoms with Gasteiger partial charge < -0.3 is 19.5 Å². The Hall–Kier alpha value is -2.58. The minimum Gasteiger partial charge on any atom is -0.493 e. The topological polar surface area (TPSA) is 73.9 Å². The van der Waals surface area contributed by atoms with Gasteiger partial charge in [-0.05, 0) is 56.4 Å². The number of esters is 1. The van der Waals surface area contributed by atoms with E-state index in [1.165, 1.54) is 31.2 Å². The van der Waals surface area contributed by atoms with Crippen LogP contribution in [0.3, 0.4) is 0 Å². The number of halogens is 4. The van der Waals surface area contributed by atoms with Gasteiger partial charge in [-0.3, -0.25) is 9.59 Å². The second-order valence-corrected chi connectivity index (χ2v) is 10.1. The molecule has 2 bridgehead atoms. The molecule has 10 heteroatoms. The third kappa shape index (κ3) is 5.81. The fraction of sp³-hybridized carbons (Fsp3) is 0.440. The van der Waals surface area contributed by atoms with E-state index in [4.69, 9.17) is 37.4 Å². The van der Waals surface area contributed by atoms with E-state index in [1.807, 2.05) is 0 Å². The summed E-state index contributed by atoms with van der Waals surface area (Å²) in [5.74, 6) is -1.50. The van der Waals surface area contributed by atoms with Crippen LogP contribution in [0.1, 0.15) is 39.0 Å². The lowest BCUT2D eigenvalue weighted by atomic mass is 9.56. The molecule has 1 amide bonds. The first-order valence-electron chi connectivity index (χ1n) is 11.2. The third-order valence-corrected chi connectivity index (χ3v) is 7.44. The van der Waals surface area contributed by atoms with Gasteiger partial charge in [0.25, 0.3) is 5.91 Å². The second-order valence-electron chi connectivity index (χ2n) is 9.24. The number of rotatable bonds is 8. The van der Waals surface area contributed by atoms with E-state index in [1.54, 1.807) is 6.07 Å². The van der Waals surface area contributed by atoms with Crippen molar-refractivity contribution >= 4 is 35.1 Å². The van der Waals surface area contributed by atoms with Gasteiger partial charge in [0.2, 0.25) is 0 Å².